The van der Waals surface area contributed by atoms with E-state index < -0.39 is 41.7 Å². The number of hydrogen-bond acceptors (Lipinski definition) is 11. The standard InChI is InChI=1S/C18H17N5O7/c1-7(24)27-5-10-13-18(2,30-17(26)29-13)16(28-10)23-4-8-9(19)3-11(25)22-14-12(8)15(23)21-6-20-14/h3-4,6,10,13,16H,5,19H2,1-2H3,(H,20,21,22,25)/t10-,13-,16-,18?/m1/s1. The summed E-state index contributed by atoms with van der Waals surface area (Å²) in [7, 11) is 0. The molecule has 30 heavy (non-hydrogen) atoms. The first kappa shape index (κ1) is 18.4. The van der Waals surface area contributed by atoms with Gasteiger partial charge in [-0.2, -0.15) is 4.98 Å². The molecular weight excluding hydrogens is 398 g/mol. The van der Waals surface area contributed by atoms with Gasteiger partial charge in [-0.25, -0.2) is 9.79 Å². The summed E-state index contributed by atoms with van der Waals surface area (Å²) in [5.41, 5.74) is 4.59. The van der Waals surface area contributed by atoms with Gasteiger partial charge < -0.3 is 34.6 Å². The van der Waals surface area contributed by atoms with Crippen molar-refractivity contribution in [3.63, 3.8) is 0 Å². The summed E-state index contributed by atoms with van der Waals surface area (Å²) in [6.45, 7) is 2.82. The van der Waals surface area contributed by atoms with Crippen LogP contribution in [0.5, 0.6) is 0 Å². The minimum absolute atomic E-state index is 0.118. The monoisotopic (exact) mass is 415 g/mol. The van der Waals surface area contributed by atoms with Crippen LogP contribution in [0, 0.1) is 0 Å². The average Bonchev–Trinajstić information content (AvgIpc) is 3.24. The van der Waals surface area contributed by atoms with Gasteiger partial charge >= 0.3 is 12.1 Å². The molecule has 0 saturated carbocycles. The highest BCUT2D eigenvalue weighted by molar-refractivity contribution is 6.10. The van der Waals surface area contributed by atoms with Crippen LogP contribution in [-0.2, 0) is 23.7 Å². The summed E-state index contributed by atoms with van der Waals surface area (Å²) < 4.78 is 23.6. The first-order chi connectivity index (χ1) is 14.3. The van der Waals surface area contributed by atoms with E-state index >= 15 is 0 Å². The molecule has 2 aromatic heterocycles. The van der Waals surface area contributed by atoms with E-state index in [9.17, 15) is 14.4 Å². The number of aromatic nitrogens is 2. The Morgan fingerprint density at radius 2 is 2.23 bits per heavy atom. The van der Waals surface area contributed by atoms with E-state index in [2.05, 4.69) is 15.3 Å². The van der Waals surface area contributed by atoms with Crippen LogP contribution in [0.4, 0.5) is 22.1 Å². The number of nitrogens with two attached hydrogens (primary N) is 1. The van der Waals surface area contributed by atoms with Crippen LogP contribution < -0.4 is 16.6 Å². The number of rotatable bonds is 3. The van der Waals surface area contributed by atoms with Crippen LogP contribution in [0.2, 0.25) is 0 Å². The van der Waals surface area contributed by atoms with E-state index in [-0.39, 0.29) is 12.3 Å². The smallest absolute Gasteiger partial charge is 0.463 e. The van der Waals surface area contributed by atoms with Gasteiger partial charge in [-0.15, -0.1) is 0 Å². The molecule has 12 heteroatoms. The number of nitrogens with one attached hydrogen (secondary N) is 1. The molecule has 0 aromatic carbocycles. The van der Waals surface area contributed by atoms with Gasteiger partial charge in [0, 0.05) is 30.3 Å². The highest BCUT2D eigenvalue weighted by atomic mass is 16.8. The summed E-state index contributed by atoms with van der Waals surface area (Å²) in [5, 5.41) is 3.89. The van der Waals surface area contributed by atoms with Crippen LogP contribution in [0.15, 0.2) is 22.1 Å². The Labute approximate surface area is 168 Å². The minimum Gasteiger partial charge on any atom is -0.463 e. The molecule has 4 atom stereocenters. The van der Waals surface area contributed by atoms with Crippen LogP contribution >= 0.6 is 0 Å². The zero-order valence-corrected chi connectivity index (χ0v) is 15.9. The number of fused-ring (bicyclic) bond motifs is 1. The molecule has 12 nitrogen and oxygen atoms in total. The quantitative estimate of drug-likeness (QED) is 0.688. The van der Waals surface area contributed by atoms with Crippen LogP contribution in [0.3, 0.4) is 0 Å². The fraction of sp³-hybridized carbons (Fsp3) is 0.389. The maximum absolute atomic E-state index is 11.9. The molecule has 5 rings (SSSR count). The largest absolute Gasteiger partial charge is 0.509 e. The Morgan fingerprint density at radius 1 is 1.43 bits per heavy atom. The van der Waals surface area contributed by atoms with E-state index in [1.54, 1.807) is 17.7 Å². The second kappa shape index (κ2) is 6.16. The van der Waals surface area contributed by atoms with Crippen molar-refractivity contribution in [2.75, 3.05) is 17.7 Å². The van der Waals surface area contributed by atoms with Gasteiger partial charge in [0.05, 0.1) is 11.7 Å². The fourth-order valence-electron chi connectivity index (χ4n) is 4.10. The highest BCUT2D eigenvalue weighted by Gasteiger charge is 2.64. The molecule has 1 unspecified atom stereocenters. The Hall–Kier alpha value is -3.67. The predicted octanol–water partition coefficient (Wildman–Crippen LogP) is 0.819. The Kier molecular flexibility index (Phi) is 3.77. The molecule has 0 amide bonds. The van der Waals surface area contributed by atoms with Gasteiger partial charge in [0.1, 0.15) is 24.3 Å². The molecule has 0 spiro atoms. The number of anilines is 2. The van der Waals surface area contributed by atoms with Crippen molar-refractivity contribution in [2.45, 2.75) is 37.9 Å². The number of nitrogens with zero attached hydrogens (tertiary/aromatic N) is 3. The number of nitrogen functional groups attached to an aromatic ring is 1. The lowest BCUT2D eigenvalue weighted by Gasteiger charge is -2.27. The highest BCUT2D eigenvalue weighted by Crippen LogP contribution is 2.50. The summed E-state index contributed by atoms with van der Waals surface area (Å²) in [6.07, 6.45) is -0.226. The van der Waals surface area contributed by atoms with E-state index in [0.717, 1.165) is 0 Å². The zero-order chi connectivity index (χ0) is 21.2. The molecule has 2 saturated heterocycles. The van der Waals surface area contributed by atoms with Crippen LogP contribution in [-0.4, -0.2) is 52.4 Å². The zero-order valence-electron chi connectivity index (χ0n) is 15.9. The number of ether oxygens (including phenoxy) is 4. The Bertz CT molecular complexity index is 1190. The summed E-state index contributed by atoms with van der Waals surface area (Å²) >= 11 is 0. The third-order valence-electron chi connectivity index (χ3n) is 5.37. The van der Waals surface area contributed by atoms with Crippen molar-refractivity contribution in [1.29, 1.82) is 0 Å². The third kappa shape index (κ3) is 2.53. The first-order valence-corrected chi connectivity index (χ1v) is 9.11. The molecule has 3 aliphatic heterocycles. The average molecular weight is 415 g/mol. The lowest BCUT2D eigenvalue weighted by atomic mass is 9.96. The molecule has 2 fully saturated rings. The third-order valence-corrected chi connectivity index (χ3v) is 5.37. The molecule has 3 aliphatic rings. The molecule has 0 radical (unpaired) electrons. The second-order valence-corrected chi connectivity index (χ2v) is 7.35. The van der Waals surface area contributed by atoms with E-state index in [4.69, 9.17) is 24.7 Å². The number of aliphatic imine (C=N–C) groups is 1. The predicted molar refractivity (Wildman–Crippen MR) is 102 cm³/mol. The van der Waals surface area contributed by atoms with Crippen molar-refractivity contribution < 1.29 is 28.5 Å². The van der Waals surface area contributed by atoms with Crippen LogP contribution in [0.25, 0.3) is 10.8 Å². The normalized spacial score (nSPS) is 28.6. The number of esters is 1. The van der Waals surface area contributed by atoms with Crippen molar-refractivity contribution in [2.24, 2.45) is 4.99 Å². The molecular formula is C18H17N5O7. The van der Waals surface area contributed by atoms with Crippen molar-refractivity contribution in [1.82, 2.24) is 9.55 Å². The first-order valence-electron chi connectivity index (χ1n) is 9.11. The maximum atomic E-state index is 11.9. The Morgan fingerprint density at radius 3 is 3.00 bits per heavy atom. The molecule has 0 aliphatic carbocycles. The van der Waals surface area contributed by atoms with Crippen LogP contribution in [0.1, 0.15) is 20.1 Å². The van der Waals surface area contributed by atoms with Gasteiger partial charge in [0.2, 0.25) is 0 Å². The van der Waals surface area contributed by atoms with Gasteiger partial charge in [-0.3, -0.25) is 9.59 Å². The van der Waals surface area contributed by atoms with Gasteiger partial charge in [0.15, 0.2) is 17.9 Å². The summed E-state index contributed by atoms with van der Waals surface area (Å²) in [4.78, 5) is 43.5. The number of carbonyl (C=O) groups is 2. The lowest BCUT2D eigenvalue weighted by molar-refractivity contribution is -0.148. The SMILES string of the molecule is CC(=O)OC[C@H]1O[C@@H](n2cc3c(N)cc(=O)nc4c3c2N=CN4)C2(C)OC(=O)O[C@H]12. The minimum atomic E-state index is -1.22. The number of carbonyl (C=O) groups excluding carboxylic acids is 2. The van der Waals surface area contributed by atoms with Crippen molar-refractivity contribution in [3.05, 3.63) is 22.6 Å². The van der Waals surface area contributed by atoms with Gasteiger partial charge in [-0.05, 0) is 6.92 Å². The van der Waals surface area contributed by atoms with E-state index in [1.807, 2.05) is 0 Å². The molecule has 3 N–H and O–H groups in total. The van der Waals surface area contributed by atoms with E-state index in [1.165, 1.54) is 19.3 Å². The topological polar surface area (TPSA) is 156 Å². The maximum Gasteiger partial charge on any atom is 0.509 e. The lowest BCUT2D eigenvalue weighted by Crippen LogP contribution is -2.42. The fourth-order valence-corrected chi connectivity index (χ4v) is 4.10. The van der Waals surface area contributed by atoms with Crippen molar-refractivity contribution in [3.8, 4) is 0 Å². The van der Waals surface area contributed by atoms with Crippen molar-refractivity contribution >= 4 is 46.6 Å². The molecule has 0 bridgehead atoms. The number of hydrogen-bond donors (Lipinski definition) is 2. The summed E-state index contributed by atoms with van der Waals surface area (Å²) in [6, 6.07) is 1.22. The molecule has 156 valence electrons. The Balaban J connectivity index is 1.66. The molecule has 5 heterocycles. The van der Waals surface area contributed by atoms with E-state index in [0.29, 0.717) is 22.4 Å². The molecule has 2 aromatic rings. The summed E-state index contributed by atoms with van der Waals surface area (Å²) in [5.74, 6) is 0.219. The van der Waals surface area contributed by atoms with Gasteiger partial charge in [-0.1, -0.05) is 0 Å². The second-order valence-electron chi connectivity index (χ2n) is 7.35. The van der Waals surface area contributed by atoms with Gasteiger partial charge in [0.25, 0.3) is 5.56 Å².